The molecule has 0 spiro atoms. The third kappa shape index (κ3) is 2.30. The van der Waals surface area contributed by atoms with Crippen molar-refractivity contribution in [2.45, 2.75) is 19.0 Å². The van der Waals surface area contributed by atoms with Crippen LogP contribution in [-0.2, 0) is 17.8 Å². The number of benzene rings is 1. The second kappa shape index (κ2) is 5.45. The van der Waals surface area contributed by atoms with E-state index in [0.29, 0.717) is 11.2 Å². The normalized spacial score (nSPS) is 16.8. The number of aliphatic carboxylic acids is 1. The molecule has 1 amide bonds. The number of rotatable bonds is 2. The number of carbonyl (C=O) groups is 2. The van der Waals surface area contributed by atoms with Gasteiger partial charge in [0.05, 0.1) is 29.8 Å². The summed E-state index contributed by atoms with van der Waals surface area (Å²) >= 11 is 0. The zero-order chi connectivity index (χ0) is 16.7. The number of aromatic amines is 1. The van der Waals surface area contributed by atoms with Gasteiger partial charge in [-0.3, -0.25) is 4.79 Å². The Morgan fingerprint density at radius 1 is 1.21 bits per heavy atom. The van der Waals surface area contributed by atoms with Crippen LogP contribution in [0.2, 0.25) is 0 Å². The van der Waals surface area contributed by atoms with Gasteiger partial charge >= 0.3 is 5.97 Å². The average molecular weight is 322 g/mol. The Balaban J connectivity index is 1.72. The van der Waals surface area contributed by atoms with Crippen molar-refractivity contribution in [2.24, 2.45) is 0 Å². The van der Waals surface area contributed by atoms with E-state index >= 15 is 0 Å². The van der Waals surface area contributed by atoms with Gasteiger partial charge in [0.15, 0.2) is 0 Å². The third-order valence-electron chi connectivity index (χ3n) is 4.26. The number of fused-ring (bicyclic) bond motifs is 2. The van der Waals surface area contributed by atoms with E-state index in [-0.39, 0.29) is 18.7 Å². The van der Waals surface area contributed by atoms with E-state index in [1.54, 1.807) is 6.07 Å². The van der Waals surface area contributed by atoms with Gasteiger partial charge in [-0.05, 0) is 12.1 Å². The molecule has 0 aliphatic carbocycles. The number of carbonyl (C=O) groups excluding carboxylic acids is 1. The molecular weight excluding hydrogens is 308 g/mol. The minimum atomic E-state index is -1.04. The number of para-hydroxylation sites is 1. The summed E-state index contributed by atoms with van der Waals surface area (Å²) in [6.45, 7) is 0.180. The van der Waals surface area contributed by atoms with Crippen LogP contribution in [0.5, 0.6) is 0 Å². The second-order valence-electron chi connectivity index (χ2n) is 5.71. The Morgan fingerprint density at radius 2 is 2.04 bits per heavy atom. The first-order valence-corrected chi connectivity index (χ1v) is 7.54. The number of carboxylic acids is 1. The molecule has 0 fully saturated rings. The molecule has 24 heavy (non-hydrogen) atoms. The molecule has 120 valence electrons. The molecule has 3 aromatic rings. The number of aromatic nitrogens is 3. The third-order valence-corrected chi connectivity index (χ3v) is 4.26. The quantitative estimate of drug-likeness (QED) is 0.747. The van der Waals surface area contributed by atoms with Crippen molar-refractivity contribution in [3.8, 4) is 0 Å². The van der Waals surface area contributed by atoms with Crippen molar-refractivity contribution >= 4 is 22.8 Å². The number of amides is 1. The Bertz CT molecular complexity index is 950. The van der Waals surface area contributed by atoms with Gasteiger partial charge in [-0.2, -0.15) is 0 Å². The van der Waals surface area contributed by atoms with Crippen molar-refractivity contribution in [1.29, 1.82) is 0 Å². The van der Waals surface area contributed by atoms with Crippen molar-refractivity contribution in [2.75, 3.05) is 0 Å². The van der Waals surface area contributed by atoms with E-state index in [1.165, 1.54) is 11.2 Å². The van der Waals surface area contributed by atoms with E-state index in [9.17, 15) is 14.7 Å². The van der Waals surface area contributed by atoms with Crippen LogP contribution in [0, 0.1) is 0 Å². The summed E-state index contributed by atoms with van der Waals surface area (Å²) in [7, 11) is 0. The Morgan fingerprint density at radius 3 is 2.88 bits per heavy atom. The summed E-state index contributed by atoms with van der Waals surface area (Å²) in [5, 5.41) is 10.4. The van der Waals surface area contributed by atoms with Gasteiger partial charge in [-0.1, -0.05) is 24.3 Å². The maximum absolute atomic E-state index is 12.9. The zero-order valence-corrected chi connectivity index (χ0v) is 12.6. The Kier molecular flexibility index (Phi) is 3.26. The topological polar surface area (TPSA) is 99.2 Å². The molecule has 0 radical (unpaired) electrons. The molecule has 1 aliphatic heterocycles. The largest absolute Gasteiger partial charge is 0.480 e. The monoisotopic (exact) mass is 322 g/mol. The van der Waals surface area contributed by atoms with Crippen LogP contribution in [0.1, 0.15) is 21.9 Å². The van der Waals surface area contributed by atoms with Gasteiger partial charge in [-0.15, -0.1) is 0 Å². The summed E-state index contributed by atoms with van der Waals surface area (Å²) in [5.74, 6) is -1.44. The molecular formula is C17H14N4O3. The molecule has 7 heteroatoms. The number of pyridine rings is 1. The SMILES string of the molecule is O=C(O)[C@@H]1Cc2nc[nH]c2CN1C(=O)c1ccc2ccccc2n1. The minimum absolute atomic E-state index is 0.180. The van der Waals surface area contributed by atoms with Crippen molar-refractivity contribution in [3.63, 3.8) is 0 Å². The molecule has 7 nitrogen and oxygen atoms in total. The number of imidazole rings is 1. The number of hydrogen-bond donors (Lipinski definition) is 2. The maximum Gasteiger partial charge on any atom is 0.326 e. The first-order chi connectivity index (χ1) is 11.6. The van der Waals surface area contributed by atoms with Crippen molar-refractivity contribution in [3.05, 3.63) is 59.8 Å². The van der Waals surface area contributed by atoms with E-state index in [0.717, 1.165) is 11.1 Å². The van der Waals surface area contributed by atoms with Crippen molar-refractivity contribution < 1.29 is 14.7 Å². The number of nitrogens with one attached hydrogen (secondary N) is 1. The molecule has 3 heterocycles. The lowest BCUT2D eigenvalue weighted by Crippen LogP contribution is -2.48. The number of nitrogens with zero attached hydrogens (tertiary/aromatic N) is 3. The molecule has 0 saturated heterocycles. The van der Waals surface area contributed by atoms with E-state index in [1.807, 2.05) is 30.3 Å². The Labute approximate surface area is 137 Å². The predicted octanol–water partition coefficient (Wildman–Crippen LogP) is 1.61. The molecule has 4 rings (SSSR count). The minimum Gasteiger partial charge on any atom is -0.480 e. The van der Waals surface area contributed by atoms with Gasteiger partial charge in [0, 0.05) is 11.8 Å². The first kappa shape index (κ1) is 14.4. The second-order valence-corrected chi connectivity index (χ2v) is 5.71. The highest BCUT2D eigenvalue weighted by Crippen LogP contribution is 2.23. The van der Waals surface area contributed by atoms with Gasteiger partial charge in [0.25, 0.3) is 5.91 Å². The zero-order valence-electron chi connectivity index (χ0n) is 12.6. The fourth-order valence-electron chi connectivity index (χ4n) is 3.00. The van der Waals surface area contributed by atoms with Crippen LogP contribution in [0.3, 0.4) is 0 Å². The van der Waals surface area contributed by atoms with E-state index < -0.39 is 17.9 Å². The summed E-state index contributed by atoms with van der Waals surface area (Å²) in [5.41, 5.74) is 2.40. The standard InChI is InChI=1S/C17H14N4O3/c22-16(12-6-5-10-3-1-2-4-11(10)20-12)21-8-14-13(18-9-19-14)7-15(21)17(23)24/h1-6,9,15H,7-8H2,(H,18,19)(H,23,24)/t15-/m0/s1. The lowest BCUT2D eigenvalue weighted by molar-refractivity contribution is -0.142. The number of hydrogen-bond acceptors (Lipinski definition) is 4. The van der Waals surface area contributed by atoms with Crippen LogP contribution in [0.25, 0.3) is 10.9 Å². The molecule has 0 saturated carbocycles. The maximum atomic E-state index is 12.9. The van der Waals surface area contributed by atoms with Crippen LogP contribution < -0.4 is 0 Å². The first-order valence-electron chi connectivity index (χ1n) is 7.54. The van der Waals surface area contributed by atoms with Gasteiger partial charge < -0.3 is 15.0 Å². The molecule has 2 N–H and O–H groups in total. The summed E-state index contributed by atoms with van der Waals surface area (Å²) in [6.07, 6.45) is 1.71. The van der Waals surface area contributed by atoms with Gasteiger partial charge in [0.2, 0.25) is 0 Å². The fourth-order valence-corrected chi connectivity index (χ4v) is 3.00. The molecule has 1 atom stereocenters. The highest BCUT2D eigenvalue weighted by Gasteiger charge is 2.36. The van der Waals surface area contributed by atoms with Crippen LogP contribution >= 0.6 is 0 Å². The van der Waals surface area contributed by atoms with E-state index in [4.69, 9.17) is 0 Å². The summed E-state index contributed by atoms with van der Waals surface area (Å²) in [6, 6.07) is 9.99. The lowest BCUT2D eigenvalue weighted by Gasteiger charge is -2.32. The van der Waals surface area contributed by atoms with Crippen molar-refractivity contribution in [1.82, 2.24) is 19.9 Å². The van der Waals surface area contributed by atoms with Crippen LogP contribution in [0.15, 0.2) is 42.7 Å². The van der Waals surface area contributed by atoms with Crippen LogP contribution in [0.4, 0.5) is 0 Å². The number of carboxylic acid groups (broad SMARTS) is 1. The number of H-pyrrole nitrogens is 1. The Hall–Kier alpha value is -3.22. The lowest BCUT2D eigenvalue weighted by atomic mass is 10.0. The summed E-state index contributed by atoms with van der Waals surface area (Å²) < 4.78 is 0. The molecule has 1 aromatic carbocycles. The molecule has 0 unspecified atom stereocenters. The fraction of sp³-hybridized carbons (Fsp3) is 0.176. The molecule has 1 aliphatic rings. The predicted molar refractivity (Wildman–Crippen MR) is 85.3 cm³/mol. The smallest absolute Gasteiger partial charge is 0.326 e. The van der Waals surface area contributed by atoms with Gasteiger partial charge in [0.1, 0.15) is 11.7 Å². The van der Waals surface area contributed by atoms with E-state index in [2.05, 4.69) is 15.0 Å². The average Bonchev–Trinajstić information content (AvgIpc) is 3.07. The molecule has 2 aromatic heterocycles. The molecule has 0 bridgehead atoms. The van der Waals surface area contributed by atoms with Gasteiger partial charge in [-0.25, -0.2) is 14.8 Å². The van der Waals surface area contributed by atoms with Crippen LogP contribution in [-0.4, -0.2) is 42.9 Å². The summed E-state index contributed by atoms with van der Waals surface area (Å²) in [4.78, 5) is 37.2. The highest BCUT2D eigenvalue weighted by atomic mass is 16.4. The highest BCUT2D eigenvalue weighted by molar-refractivity contribution is 5.97.